The Balaban J connectivity index is 1.86. The van der Waals surface area contributed by atoms with Gasteiger partial charge in [-0.1, -0.05) is 13.8 Å². The quantitative estimate of drug-likeness (QED) is 0.156. The molecule has 4 N–H and O–H groups in total. The number of carbonyl (C=O) groups is 2. The number of amides is 1. The molecule has 0 fully saturated rings. The first kappa shape index (κ1) is 38.1. The molecule has 1 unspecified atom stereocenters. The summed E-state index contributed by atoms with van der Waals surface area (Å²) in [6.45, 7) is 8.30. The van der Waals surface area contributed by atoms with E-state index in [2.05, 4.69) is 20.3 Å². The Labute approximate surface area is 284 Å². The van der Waals surface area contributed by atoms with Gasteiger partial charge in [0.05, 0.1) is 59.0 Å². The van der Waals surface area contributed by atoms with Crippen molar-refractivity contribution in [2.45, 2.75) is 83.4 Å². The van der Waals surface area contributed by atoms with Crippen molar-refractivity contribution >= 4 is 23.4 Å². The fraction of sp³-hybridized carbons (Fsp3) is 0.485. The third kappa shape index (κ3) is 8.54. The van der Waals surface area contributed by atoms with Crippen LogP contribution in [0.3, 0.4) is 0 Å². The number of rotatable bonds is 9. The minimum atomic E-state index is -5.08. The molecule has 272 valence electrons. The lowest BCUT2D eigenvalue weighted by Crippen LogP contribution is -2.61. The van der Waals surface area contributed by atoms with E-state index in [0.717, 1.165) is 4.90 Å². The first-order chi connectivity index (χ1) is 23.1. The van der Waals surface area contributed by atoms with Gasteiger partial charge in [-0.05, 0) is 63.4 Å². The van der Waals surface area contributed by atoms with E-state index >= 15 is 0 Å². The average molecular weight is 713 g/mol. The largest absolute Gasteiger partial charge is 0.481 e. The summed E-state index contributed by atoms with van der Waals surface area (Å²) in [6.07, 6.45) is -10.6. The molecule has 3 heterocycles. The Morgan fingerprint density at radius 3 is 2.22 bits per heavy atom. The SMILES string of the molecule is CC[C@]1(N)C[C@H](c2ncc(NCC(C)C(=O)OC(C)(C)C)c(Cc3cc(C(F)(F)F)cc(C(F)(F)F)c3)n2)c2nc(OC)ccc2N1C(=O)O. The molecule has 3 aromatic rings. The van der Waals surface area contributed by atoms with Crippen LogP contribution in [0, 0.1) is 5.92 Å². The van der Waals surface area contributed by atoms with Crippen LogP contribution in [0.5, 0.6) is 5.88 Å². The summed E-state index contributed by atoms with van der Waals surface area (Å²) in [5.74, 6) is -1.97. The van der Waals surface area contributed by atoms with Gasteiger partial charge in [-0.25, -0.2) is 19.7 Å². The van der Waals surface area contributed by atoms with E-state index in [1.807, 2.05) is 0 Å². The molecule has 11 nitrogen and oxygen atoms in total. The van der Waals surface area contributed by atoms with E-state index in [4.69, 9.17) is 15.2 Å². The molecule has 0 bridgehead atoms. The molecular formula is C33H38F6N6O5. The van der Waals surface area contributed by atoms with Gasteiger partial charge in [-0.3, -0.25) is 9.69 Å². The lowest BCUT2D eigenvalue weighted by Gasteiger charge is -2.45. The summed E-state index contributed by atoms with van der Waals surface area (Å²) in [5.41, 5.74) is 1.51. The van der Waals surface area contributed by atoms with Gasteiger partial charge in [-0.2, -0.15) is 26.3 Å². The number of methoxy groups -OCH3 is 1. The normalized spacial score (nSPS) is 18.7. The number of fused-ring (bicyclic) bond motifs is 1. The van der Waals surface area contributed by atoms with Crippen LogP contribution in [0.25, 0.3) is 0 Å². The second kappa shape index (κ2) is 13.9. The lowest BCUT2D eigenvalue weighted by molar-refractivity contribution is -0.158. The predicted octanol–water partition coefficient (Wildman–Crippen LogP) is 6.98. The maximum absolute atomic E-state index is 13.7. The van der Waals surface area contributed by atoms with Gasteiger partial charge < -0.3 is 25.6 Å². The number of aromatic nitrogens is 3. The second-order valence-corrected chi connectivity index (χ2v) is 13.1. The molecule has 1 aliphatic rings. The van der Waals surface area contributed by atoms with Crippen molar-refractivity contribution in [2.75, 3.05) is 23.9 Å². The van der Waals surface area contributed by atoms with Gasteiger partial charge in [-0.15, -0.1) is 0 Å². The van der Waals surface area contributed by atoms with Crippen LogP contribution in [-0.4, -0.2) is 57.0 Å². The maximum atomic E-state index is 13.7. The molecule has 0 aliphatic carbocycles. The Bertz CT molecular complexity index is 1710. The Hall–Kier alpha value is -4.67. The number of pyridine rings is 1. The smallest absolute Gasteiger partial charge is 0.416 e. The molecule has 17 heteroatoms. The Kier molecular flexibility index (Phi) is 10.6. The standard InChI is InChI=1S/C33H38F6N6O5/c1-7-31(40)14-21(26-24(45(31)29(47)48)8-9-25(44-26)49-6)27-42-16-23(41-15-17(2)28(46)50-30(3,4)5)22(43-27)12-18-10-19(32(34,35)36)13-20(11-18)33(37,38)39/h8-11,13,16-17,21,41H,7,12,14-15,40H2,1-6H3,(H,47,48)/t17?,21-,31+/m0/s1. The molecule has 3 atom stereocenters. The van der Waals surface area contributed by atoms with Gasteiger partial charge in [0, 0.05) is 19.0 Å². The van der Waals surface area contributed by atoms with Crippen molar-refractivity contribution in [3.8, 4) is 5.88 Å². The molecule has 0 saturated carbocycles. The van der Waals surface area contributed by atoms with Crippen molar-refractivity contribution in [2.24, 2.45) is 11.7 Å². The number of ether oxygens (including phenoxy) is 2. The van der Waals surface area contributed by atoms with Crippen LogP contribution < -0.4 is 20.7 Å². The highest BCUT2D eigenvalue weighted by molar-refractivity contribution is 5.89. The molecule has 0 radical (unpaired) electrons. The summed E-state index contributed by atoms with van der Waals surface area (Å²) in [4.78, 5) is 39.6. The van der Waals surface area contributed by atoms with Crippen LogP contribution in [0.4, 0.5) is 42.5 Å². The van der Waals surface area contributed by atoms with Crippen molar-refractivity contribution in [1.29, 1.82) is 0 Å². The second-order valence-electron chi connectivity index (χ2n) is 13.1. The van der Waals surface area contributed by atoms with Gasteiger partial charge in [0.15, 0.2) is 0 Å². The zero-order valence-electron chi connectivity index (χ0n) is 28.2. The van der Waals surface area contributed by atoms with Crippen LogP contribution in [0.15, 0.2) is 36.5 Å². The van der Waals surface area contributed by atoms with Crippen LogP contribution in [0.2, 0.25) is 0 Å². The minimum absolute atomic E-state index is 0.00284. The van der Waals surface area contributed by atoms with Gasteiger partial charge in [0.2, 0.25) is 5.88 Å². The summed E-state index contributed by atoms with van der Waals surface area (Å²) in [5, 5.41) is 13.1. The number of esters is 1. The number of nitrogens with two attached hydrogens (primary N) is 1. The van der Waals surface area contributed by atoms with Crippen LogP contribution in [-0.2, 0) is 28.3 Å². The molecule has 2 aromatic heterocycles. The highest BCUT2D eigenvalue weighted by Gasteiger charge is 2.47. The van der Waals surface area contributed by atoms with Crippen LogP contribution in [0.1, 0.15) is 87.3 Å². The van der Waals surface area contributed by atoms with E-state index in [1.54, 1.807) is 34.6 Å². The molecule has 0 saturated heterocycles. The average Bonchev–Trinajstić information content (AvgIpc) is 3.01. The summed E-state index contributed by atoms with van der Waals surface area (Å²) in [6, 6.07) is 4.17. The van der Waals surface area contributed by atoms with E-state index in [-0.39, 0.29) is 65.5 Å². The third-order valence-corrected chi connectivity index (χ3v) is 8.09. The number of anilines is 2. The van der Waals surface area contributed by atoms with Crippen molar-refractivity contribution in [1.82, 2.24) is 15.0 Å². The lowest BCUT2D eigenvalue weighted by atomic mass is 9.83. The van der Waals surface area contributed by atoms with E-state index in [9.17, 15) is 41.0 Å². The Morgan fingerprint density at radius 2 is 1.70 bits per heavy atom. The molecule has 0 spiro atoms. The number of hydrogen-bond acceptors (Lipinski definition) is 9. The molecular weight excluding hydrogens is 674 g/mol. The van der Waals surface area contributed by atoms with Gasteiger partial charge >= 0.3 is 24.4 Å². The van der Waals surface area contributed by atoms with Crippen molar-refractivity contribution in [3.63, 3.8) is 0 Å². The van der Waals surface area contributed by atoms with Crippen LogP contribution >= 0.6 is 0 Å². The fourth-order valence-electron chi connectivity index (χ4n) is 5.55. The number of alkyl halides is 6. The number of benzene rings is 1. The van der Waals surface area contributed by atoms with E-state index < -0.39 is 65.1 Å². The molecule has 50 heavy (non-hydrogen) atoms. The zero-order chi connectivity index (χ0) is 37.4. The van der Waals surface area contributed by atoms with E-state index in [0.29, 0.717) is 12.1 Å². The molecule has 1 amide bonds. The molecule has 1 aliphatic heterocycles. The highest BCUT2D eigenvalue weighted by Crippen LogP contribution is 2.45. The monoisotopic (exact) mass is 712 g/mol. The summed E-state index contributed by atoms with van der Waals surface area (Å²) >= 11 is 0. The number of nitrogens with zero attached hydrogens (tertiary/aromatic N) is 4. The number of carboxylic acid groups (broad SMARTS) is 1. The van der Waals surface area contributed by atoms with Gasteiger partial charge in [0.1, 0.15) is 17.1 Å². The van der Waals surface area contributed by atoms with Crippen molar-refractivity contribution in [3.05, 3.63) is 70.4 Å². The van der Waals surface area contributed by atoms with Gasteiger partial charge in [0.25, 0.3) is 0 Å². The third-order valence-electron chi connectivity index (χ3n) is 8.09. The fourth-order valence-corrected chi connectivity index (χ4v) is 5.55. The summed E-state index contributed by atoms with van der Waals surface area (Å²) < 4.78 is 93.1. The maximum Gasteiger partial charge on any atom is 0.416 e. The number of halogens is 6. The Morgan fingerprint density at radius 1 is 1.08 bits per heavy atom. The van der Waals surface area contributed by atoms with Crippen molar-refractivity contribution < 1.29 is 50.5 Å². The predicted molar refractivity (Wildman–Crippen MR) is 170 cm³/mol. The summed E-state index contributed by atoms with van der Waals surface area (Å²) in [7, 11) is 1.36. The topological polar surface area (TPSA) is 153 Å². The first-order valence-corrected chi connectivity index (χ1v) is 15.5. The molecule has 1 aromatic carbocycles. The minimum Gasteiger partial charge on any atom is -0.481 e. The number of hydrogen-bond donors (Lipinski definition) is 3. The first-order valence-electron chi connectivity index (χ1n) is 15.5. The number of nitrogens with one attached hydrogen (secondary N) is 1. The zero-order valence-corrected chi connectivity index (χ0v) is 28.2. The molecule has 4 rings (SSSR count). The highest BCUT2D eigenvalue weighted by atomic mass is 19.4. The van der Waals surface area contributed by atoms with E-state index in [1.165, 1.54) is 25.4 Å². The number of carbonyl (C=O) groups excluding carboxylic acids is 1.